The highest BCUT2D eigenvalue weighted by molar-refractivity contribution is 6.31. The first-order valence-corrected chi connectivity index (χ1v) is 5.76. The molecule has 0 amide bonds. The molecule has 1 fully saturated rings. The van der Waals surface area contributed by atoms with Gasteiger partial charge >= 0.3 is 5.97 Å². The van der Waals surface area contributed by atoms with Gasteiger partial charge < -0.3 is 5.11 Å². The Bertz CT molecular complexity index is 394. The number of hydrogen-bond acceptors (Lipinski definition) is 2. The zero-order chi connectivity index (χ0) is 11.5. The Morgan fingerprint density at radius 3 is 2.94 bits per heavy atom. The van der Waals surface area contributed by atoms with Crippen LogP contribution < -0.4 is 0 Å². The van der Waals surface area contributed by atoms with E-state index in [1.807, 2.05) is 29.2 Å². The van der Waals surface area contributed by atoms with Gasteiger partial charge in [0.05, 0.1) is 6.54 Å². The van der Waals surface area contributed by atoms with Crippen LogP contribution >= 0.6 is 11.6 Å². The highest BCUT2D eigenvalue weighted by Crippen LogP contribution is 2.35. The van der Waals surface area contributed by atoms with Crippen molar-refractivity contribution >= 4 is 17.6 Å². The van der Waals surface area contributed by atoms with Crippen LogP contribution in [0.3, 0.4) is 0 Å². The van der Waals surface area contributed by atoms with Crippen molar-refractivity contribution < 1.29 is 9.90 Å². The van der Waals surface area contributed by atoms with Gasteiger partial charge in [-0.05, 0) is 31.0 Å². The van der Waals surface area contributed by atoms with Gasteiger partial charge in [0.2, 0.25) is 0 Å². The van der Waals surface area contributed by atoms with E-state index in [0.717, 1.165) is 30.0 Å². The van der Waals surface area contributed by atoms with Crippen LogP contribution in [0.15, 0.2) is 24.3 Å². The Hall–Kier alpha value is -1.06. The molecule has 1 unspecified atom stereocenters. The molecule has 0 bridgehead atoms. The minimum Gasteiger partial charge on any atom is -0.480 e. The van der Waals surface area contributed by atoms with E-state index in [-0.39, 0.29) is 12.6 Å². The molecule has 1 aromatic carbocycles. The molecule has 1 aromatic rings. The van der Waals surface area contributed by atoms with Crippen LogP contribution in [0, 0.1) is 0 Å². The molecular weight excluding hydrogens is 226 g/mol. The molecule has 2 rings (SSSR count). The van der Waals surface area contributed by atoms with Crippen LogP contribution in [0.4, 0.5) is 0 Å². The number of rotatable bonds is 3. The number of benzene rings is 1. The van der Waals surface area contributed by atoms with Crippen LogP contribution in [0.2, 0.25) is 5.02 Å². The smallest absolute Gasteiger partial charge is 0.317 e. The summed E-state index contributed by atoms with van der Waals surface area (Å²) < 4.78 is 0. The minimum atomic E-state index is -0.779. The van der Waals surface area contributed by atoms with Crippen LogP contribution in [-0.2, 0) is 4.79 Å². The van der Waals surface area contributed by atoms with Gasteiger partial charge in [-0.2, -0.15) is 0 Å². The predicted molar refractivity (Wildman–Crippen MR) is 62.6 cm³/mol. The number of halogens is 1. The van der Waals surface area contributed by atoms with Gasteiger partial charge in [0, 0.05) is 11.1 Å². The number of likely N-dealkylation sites (tertiary alicyclic amines) is 1. The standard InChI is InChI=1S/C12H14ClNO2/c13-10-5-2-1-4-9(10)11-6-3-7-14(11)8-12(15)16/h1-2,4-5,11H,3,6-8H2,(H,15,16). The van der Waals surface area contributed by atoms with E-state index in [2.05, 4.69) is 0 Å². The van der Waals surface area contributed by atoms with Crippen molar-refractivity contribution in [3.8, 4) is 0 Å². The molecule has 0 radical (unpaired) electrons. The first-order valence-electron chi connectivity index (χ1n) is 5.39. The van der Waals surface area contributed by atoms with E-state index in [1.165, 1.54) is 0 Å². The molecule has 1 aliphatic rings. The van der Waals surface area contributed by atoms with E-state index < -0.39 is 5.97 Å². The minimum absolute atomic E-state index is 0.0931. The molecular formula is C12H14ClNO2. The van der Waals surface area contributed by atoms with Crippen LogP contribution in [-0.4, -0.2) is 29.1 Å². The molecule has 16 heavy (non-hydrogen) atoms. The highest BCUT2D eigenvalue weighted by Gasteiger charge is 2.28. The normalized spacial score (nSPS) is 21.2. The molecule has 1 atom stereocenters. The summed E-state index contributed by atoms with van der Waals surface area (Å²) in [6.07, 6.45) is 2.01. The molecule has 0 spiro atoms. The Kier molecular flexibility index (Phi) is 3.46. The molecule has 86 valence electrons. The first kappa shape index (κ1) is 11.4. The molecule has 1 aliphatic heterocycles. The van der Waals surface area contributed by atoms with Crippen molar-refractivity contribution in [3.63, 3.8) is 0 Å². The average Bonchev–Trinajstić information content (AvgIpc) is 2.66. The monoisotopic (exact) mass is 239 g/mol. The van der Waals surface area contributed by atoms with E-state index >= 15 is 0 Å². The topological polar surface area (TPSA) is 40.5 Å². The van der Waals surface area contributed by atoms with Crippen LogP contribution in [0.1, 0.15) is 24.4 Å². The van der Waals surface area contributed by atoms with Crippen LogP contribution in [0.25, 0.3) is 0 Å². The van der Waals surface area contributed by atoms with Gasteiger partial charge in [-0.15, -0.1) is 0 Å². The third kappa shape index (κ3) is 2.36. The van der Waals surface area contributed by atoms with Gasteiger partial charge in [-0.3, -0.25) is 9.69 Å². The van der Waals surface area contributed by atoms with Crippen molar-refractivity contribution in [1.82, 2.24) is 4.90 Å². The van der Waals surface area contributed by atoms with Crippen molar-refractivity contribution in [2.24, 2.45) is 0 Å². The molecule has 0 aliphatic carbocycles. The molecule has 1 saturated heterocycles. The largest absolute Gasteiger partial charge is 0.480 e. The van der Waals surface area contributed by atoms with Gasteiger partial charge in [-0.25, -0.2) is 0 Å². The number of carboxylic acid groups (broad SMARTS) is 1. The third-order valence-electron chi connectivity index (χ3n) is 2.97. The number of aliphatic carboxylic acids is 1. The Labute approximate surface area is 99.6 Å². The number of hydrogen-bond donors (Lipinski definition) is 1. The second-order valence-corrected chi connectivity index (χ2v) is 4.45. The summed E-state index contributed by atoms with van der Waals surface area (Å²) in [4.78, 5) is 12.7. The quantitative estimate of drug-likeness (QED) is 0.881. The second kappa shape index (κ2) is 4.85. The lowest BCUT2D eigenvalue weighted by Crippen LogP contribution is -2.29. The van der Waals surface area contributed by atoms with Crippen molar-refractivity contribution in [3.05, 3.63) is 34.9 Å². The first-order chi connectivity index (χ1) is 7.68. The summed E-state index contributed by atoms with van der Waals surface area (Å²) in [6, 6.07) is 7.83. The summed E-state index contributed by atoms with van der Waals surface area (Å²) in [5.74, 6) is -0.779. The summed E-state index contributed by atoms with van der Waals surface area (Å²) >= 11 is 6.13. The molecule has 1 N–H and O–H groups in total. The van der Waals surface area contributed by atoms with Crippen molar-refractivity contribution in [2.45, 2.75) is 18.9 Å². The van der Waals surface area contributed by atoms with Crippen molar-refractivity contribution in [2.75, 3.05) is 13.1 Å². The summed E-state index contributed by atoms with van der Waals surface area (Å²) in [5.41, 5.74) is 1.04. The predicted octanol–water partition coefficient (Wildman–Crippen LogP) is 2.56. The molecule has 1 heterocycles. The van der Waals surface area contributed by atoms with Gasteiger partial charge in [0.1, 0.15) is 0 Å². The molecule has 0 aromatic heterocycles. The number of carbonyl (C=O) groups is 1. The fourth-order valence-electron chi connectivity index (χ4n) is 2.29. The Balaban J connectivity index is 2.20. The Morgan fingerprint density at radius 2 is 2.25 bits per heavy atom. The lowest BCUT2D eigenvalue weighted by molar-refractivity contribution is -0.138. The van der Waals surface area contributed by atoms with Gasteiger partial charge in [-0.1, -0.05) is 29.8 Å². The van der Waals surface area contributed by atoms with Crippen molar-refractivity contribution in [1.29, 1.82) is 0 Å². The van der Waals surface area contributed by atoms with E-state index in [4.69, 9.17) is 16.7 Å². The Morgan fingerprint density at radius 1 is 1.50 bits per heavy atom. The van der Waals surface area contributed by atoms with E-state index in [9.17, 15) is 4.79 Å². The van der Waals surface area contributed by atoms with E-state index in [0.29, 0.717) is 0 Å². The maximum atomic E-state index is 10.7. The third-order valence-corrected chi connectivity index (χ3v) is 3.31. The molecule has 4 heteroatoms. The number of carboxylic acids is 1. The summed E-state index contributed by atoms with van der Waals surface area (Å²) in [6.45, 7) is 0.929. The van der Waals surface area contributed by atoms with Crippen LogP contribution in [0.5, 0.6) is 0 Å². The zero-order valence-corrected chi connectivity index (χ0v) is 9.65. The highest BCUT2D eigenvalue weighted by atomic mass is 35.5. The average molecular weight is 240 g/mol. The fourth-order valence-corrected chi connectivity index (χ4v) is 2.55. The fraction of sp³-hybridized carbons (Fsp3) is 0.417. The SMILES string of the molecule is O=C(O)CN1CCCC1c1ccccc1Cl. The lowest BCUT2D eigenvalue weighted by Gasteiger charge is -2.23. The van der Waals surface area contributed by atoms with Gasteiger partial charge in [0.15, 0.2) is 0 Å². The van der Waals surface area contributed by atoms with Gasteiger partial charge in [0.25, 0.3) is 0 Å². The maximum absolute atomic E-state index is 10.7. The lowest BCUT2D eigenvalue weighted by atomic mass is 10.0. The second-order valence-electron chi connectivity index (χ2n) is 4.04. The zero-order valence-electron chi connectivity index (χ0n) is 8.90. The summed E-state index contributed by atoms with van der Waals surface area (Å²) in [5, 5.41) is 9.56. The molecule has 0 saturated carbocycles. The molecule has 3 nitrogen and oxygen atoms in total. The number of nitrogens with zero attached hydrogens (tertiary/aromatic N) is 1. The maximum Gasteiger partial charge on any atom is 0.317 e. The van der Waals surface area contributed by atoms with E-state index in [1.54, 1.807) is 0 Å². The summed E-state index contributed by atoms with van der Waals surface area (Å²) in [7, 11) is 0.